The van der Waals surface area contributed by atoms with Crippen molar-refractivity contribution < 1.29 is 14.5 Å². The molecule has 2 amide bonds. The number of benzene rings is 1. The first-order valence-corrected chi connectivity index (χ1v) is 8.48. The molecular weight excluding hydrogens is 342 g/mol. The second-order valence-electron chi connectivity index (χ2n) is 5.94. The van der Waals surface area contributed by atoms with Gasteiger partial charge in [-0.15, -0.1) is 11.3 Å². The molecule has 0 spiro atoms. The molecule has 2 N–H and O–H groups in total. The van der Waals surface area contributed by atoms with Crippen molar-refractivity contribution in [2.45, 2.75) is 27.7 Å². The maximum atomic E-state index is 12.4. The summed E-state index contributed by atoms with van der Waals surface area (Å²) in [5.74, 6) is -0.698. The molecule has 7 nitrogen and oxygen atoms in total. The number of hydrogen-bond donors (Lipinski definition) is 2. The van der Waals surface area contributed by atoms with E-state index >= 15 is 0 Å². The fourth-order valence-electron chi connectivity index (χ4n) is 2.07. The van der Waals surface area contributed by atoms with E-state index in [-0.39, 0.29) is 22.4 Å². The third-order valence-electron chi connectivity index (χ3n) is 3.59. The summed E-state index contributed by atoms with van der Waals surface area (Å²) in [6.45, 7) is 7.01. The minimum atomic E-state index is -0.504. The van der Waals surface area contributed by atoms with Crippen molar-refractivity contribution in [3.8, 4) is 0 Å². The third kappa shape index (κ3) is 4.42. The Kier molecular flexibility index (Phi) is 5.53. The number of rotatable bonds is 5. The summed E-state index contributed by atoms with van der Waals surface area (Å²) in [6, 6.07) is 6.48. The SMILES string of the molecule is Cc1ccc(NC(=O)C(C)C)cc1NC(=O)c1cc([N+](=O)[O-])c(C)s1. The van der Waals surface area contributed by atoms with E-state index in [0.29, 0.717) is 16.3 Å². The van der Waals surface area contributed by atoms with E-state index in [1.807, 2.05) is 6.92 Å². The average molecular weight is 361 g/mol. The van der Waals surface area contributed by atoms with Gasteiger partial charge in [0.25, 0.3) is 11.6 Å². The maximum Gasteiger partial charge on any atom is 0.283 e. The average Bonchev–Trinajstić information content (AvgIpc) is 2.92. The van der Waals surface area contributed by atoms with Gasteiger partial charge in [-0.05, 0) is 31.5 Å². The number of anilines is 2. The van der Waals surface area contributed by atoms with Crippen LogP contribution >= 0.6 is 11.3 Å². The zero-order valence-electron chi connectivity index (χ0n) is 14.4. The molecule has 8 heteroatoms. The zero-order valence-corrected chi connectivity index (χ0v) is 15.2. The number of nitrogens with zero attached hydrogens (tertiary/aromatic N) is 1. The van der Waals surface area contributed by atoms with Gasteiger partial charge in [0.15, 0.2) is 0 Å². The van der Waals surface area contributed by atoms with Gasteiger partial charge in [0, 0.05) is 23.4 Å². The van der Waals surface area contributed by atoms with Crippen LogP contribution in [0.25, 0.3) is 0 Å². The number of nitrogens with one attached hydrogen (secondary N) is 2. The molecule has 0 saturated heterocycles. The Hall–Kier alpha value is -2.74. The van der Waals surface area contributed by atoms with Crippen LogP contribution in [0.4, 0.5) is 17.1 Å². The van der Waals surface area contributed by atoms with E-state index in [0.717, 1.165) is 16.9 Å². The van der Waals surface area contributed by atoms with Crippen molar-refractivity contribution in [2.24, 2.45) is 5.92 Å². The van der Waals surface area contributed by atoms with Gasteiger partial charge in [-0.3, -0.25) is 19.7 Å². The number of nitro groups is 1. The van der Waals surface area contributed by atoms with E-state index in [2.05, 4.69) is 10.6 Å². The first-order valence-electron chi connectivity index (χ1n) is 7.66. The van der Waals surface area contributed by atoms with Crippen LogP contribution < -0.4 is 10.6 Å². The van der Waals surface area contributed by atoms with Gasteiger partial charge in [0.05, 0.1) is 14.7 Å². The summed E-state index contributed by atoms with van der Waals surface area (Å²) < 4.78 is 0. The van der Waals surface area contributed by atoms with Crippen molar-refractivity contribution in [1.29, 1.82) is 0 Å². The maximum absolute atomic E-state index is 12.4. The molecule has 0 aliphatic carbocycles. The number of aryl methyl sites for hydroxylation is 2. The number of thiophene rings is 1. The summed E-state index contributed by atoms with van der Waals surface area (Å²) in [5.41, 5.74) is 1.87. The fourth-order valence-corrected chi connectivity index (χ4v) is 2.95. The second kappa shape index (κ2) is 7.43. The lowest BCUT2D eigenvalue weighted by molar-refractivity contribution is -0.385. The van der Waals surface area contributed by atoms with Crippen molar-refractivity contribution in [3.63, 3.8) is 0 Å². The lowest BCUT2D eigenvalue weighted by Gasteiger charge is -2.12. The Labute approximate surface area is 149 Å². The van der Waals surface area contributed by atoms with E-state index in [1.54, 1.807) is 39.0 Å². The fraction of sp³-hybridized carbons (Fsp3) is 0.294. The Morgan fingerprint density at radius 3 is 2.40 bits per heavy atom. The summed E-state index contributed by atoms with van der Waals surface area (Å²) in [4.78, 5) is 35.3. The monoisotopic (exact) mass is 361 g/mol. The molecule has 132 valence electrons. The van der Waals surface area contributed by atoms with E-state index in [9.17, 15) is 19.7 Å². The van der Waals surface area contributed by atoms with Crippen molar-refractivity contribution in [3.05, 3.63) is 49.7 Å². The molecule has 0 fully saturated rings. The standard InChI is InChI=1S/C17H19N3O4S/c1-9(2)16(21)18-12-6-5-10(3)13(7-12)19-17(22)15-8-14(20(23)24)11(4)25-15/h5-9H,1-4H3,(H,18,21)(H,19,22). The predicted octanol–water partition coefficient (Wildman–Crippen LogP) is 4.12. The highest BCUT2D eigenvalue weighted by atomic mass is 32.1. The van der Waals surface area contributed by atoms with Gasteiger partial charge in [-0.25, -0.2) is 0 Å². The first kappa shape index (κ1) is 18.6. The van der Waals surface area contributed by atoms with Gasteiger partial charge in [-0.2, -0.15) is 0 Å². The van der Waals surface area contributed by atoms with Crippen molar-refractivity contribution in [1.82, 2.24) is 0 Å². The topological polar surface area (TPSA) is 101 Å². The van der Waals surface area contributed by atoms with Crippen LogP contribution in [0.5, 0.6) is 0 Å². The summed E-state index contributed by atoms with van der Waals surface area (Å²) in [6.07, 6.45) is 0. The molecule has 2 aromatic rings. The molecule has 1 aromatic heterocycles. The van der Waals surface area contributed by atoms with Crippen LogP contribution in [0.2, 0.25) is 0 Å². The minimum absolute atomic E-state index is 0.0650. The summed E-state index contributed by atoms with van der Waals surface area (Å²) in [7, 11) is 0. The molecule has 25 heavy (non-hydrogen) atoms. The number of amides is 2. The minimum Gasteiger partial charge on any atom is -0.326 e. The number of hydrogen-bond acceptors (Lipinski definition) is 5. The summed E-state index contributed by atoms with van der Waals surface area (Å²) in [5, 5.41) is 16.4. The van der Waals surface area contributed by atoms with Gasteiger partial charge in [-0.1, -0.05) is 19.9 Å². The zero-order chi connectivity index (χ0) is 18.7. The van der Waals surface area contributed by atoms with E-state index in [4.69, 9.17) is 0 Å². The highest BCUT2D eigenvalue weighted by Gasteiger charge is 2.20. The Balaban J connectivity index is 2.21. The highest BCUT2D eigenvalue weighted by Crippen LogP contribution is 2.29. The third-order valence-corrected chi connectivity index (χ3v) is 4.63. The molecule has 0 unspecified atom stereocenters. The van der Waals surface area contributed by atoms with Crippen LogP contribution in [0.1, 0.15) is 34.0 Å². The first-order chi connectivity index (χ1) is 11.7. The predicted molar refractivity (Wildman–Crippen MR) is 98.3 cm³/mol. The van der Waals surface area contributed by atoms with Crippen LogP contribution in [0, 0.1) is 29.9 Å². The van der Waals surface area contributed by atoms with Crippen LogP contribution in [-0.4, -0.2) is 16.7 Å². The Bertz CT molecular complexity index is 842. The normalized spacial score (nSPS) is 10.6. The Morgan fingerprint density at radius 1 is 1.16 bits per heavy atom. The lowest BCUT2D eigenvalue weighted by atomic mass is 10.1. The molecule has 2 rings (SSSR count). The van der Waals surface area contributed by atoms with Gasteiger partial charge in [0.2, 0.25) is 5.91 Å². The quantitative estimate of drug-likeness (QED) is 0.618. The number of carbonyl (C=O) groups excluding carboxylic acids is 2. The van der Waals surface area contributed by atoms with Gasteiger partial charge in [0.1, 0.15) is 0 Å². The highest BCUT2D eigenvalue weighted by molar-refractivity contribution is 7.14. The molecular formula is C17H19N3O4S. The van der Waals surface area contributed by atoms with Crippen LogP contribution in [0.3, 0.4) is 0 Å². The van der Waals surface area contributed by atoms with Crippen LogP contribution in [0.15, 0.2) is 24.3 Å². The van der Waals surface area contributed by atoms with Gasteiger partial charge < -0.3 is 10.6 Å². The molecule has 0 aliphatic heterocycles. The smallest absolute Gasteiger partial charge is 0.283 e. The van der Waals surface area contributed by atoms with Gasteiger partial charge >= 0.3 is 0 Å². The summed E-state index contributed by atoms with van der Waals surface area (Å²) >= 11 is 1.07. The van der Waals surface area contributed by atoms with Crippen LogP contribution in [-0.2, 0) is 4.79 Å². The van der Waals surface area contributed by atoms with E-state index in [1.165, 1.54) is 6.07 Å². The molecule has 1 heterocycles. The molecule has 0 bridgehead atoms. The Morgan fingerprint density at radius 2 is 1.84 bits per heavy atom. The largest absolute Gasteiger partial charge is 0.326 e. The molecule has 0 aliphatic rings. The molecule has 0 atom stereocenters. The molecule has 0 saturated carbocycles. The van der Waals surface area contributed by atoms with Crippen molar-refractivity contribution >= 4 is 40.2 Å². The molecule has 0 radical (unpaired) electrons. The second-order valence-corrected chi connectivity index (χ2v) is 7.19. The lowest BCUT2D eigenvalue weighted by Crippen LogP contribution is -2.18. The molecule has 1 aromatic carbocycles. The van der Waals surface area contributed by atoms with E-state index < -0.39 is 10.8 Å². The van der Waals surface area contributed by atoms with Crippen molar-refractivity contribution in [2.75, 3.05) is 10.6 Å². The number of carbonyl (C=O) groups is 2.